The van der Waals surface area contributed by atoms with Gasteiger partial charge in [0.1, 0.15) is 0 Å². The number of rotatable bonds is 0. The predicted octanol–water partition coefficient (Wildman–Crippen LogP) is -0.767. The fourth-order valence-electron chi connectivity index (χ4n) is 0. The van der Waals surface area contributed by atoms with Crippen LogP contribution in [-0.4, -0.2) is 83.2 Å². The smallest absolute Gasteiger partial charge is 0 e. The van der Waals surface area contributed by atoms with Crippen molar-refractivity contribution in [1.82, 2.24) is 0 Å². The van der Waals surface area contributed by atoms with Gasteiger partial charge in [0.05, 0.1) is 0 Å². The standard InChI is InChI=1S/Ca.Sr.Ti.Zr. The zero-order valence-corrected chi connectivity index (χ0v) is 12.1. The Balaban J connectivity index is 0. The Labute approximate surface area is 127 Å². The normalized spacial score (nSPS) is 0. The molecule has 0 saturated carbocycles. The van der Waals surface area contributed by atoms with Crippen LogP contribution in [0.1, 0.15) is 0 Å². The van der Waals surface area contributed by atoms with Crippen LogP contribution in [-0.2, 0) is 47.9 Å². The van der Waals surface area contributed by atoms with E-state index in [2.05, 4.69) is 0 Å². The maximum Gasteiger partial charge on any atom is 0 e. The molecule has 0 nitrogen and oxygen atoms in total. The maximum atomic E-state index is 0. The molecular weight excluding hydrogens is 267 g/mol. The van der Waals surface area contributed by atoms with Gasteiger partial charge in [-0.15, -0.1) is 0 Å². The summed E-state index contributed by atoms with van der Waals surface area (Å²) in [6.45, 7) is 0. The molecular formula is CaSrTiZr. The van der Waals surface area contributed by atoms with E-state index in [1.54, 1.807) is 0 Å². The Morgan fingerprint density at radius 2 is 1.00 bits per heavy atom. The molecule has 0 aliphatic rings. The Morgan fingerprint density at radius 3 is 1.00 bits per heavy atom. The fourth-order valence-corrected chi connectivity index (χ4v) is 0. The molecule has 0 fully saturated rings. The van der Waals surface area contributed by atoms with E-state index >= 15 is 0 Å². The second-order valence-electron chi connectivity index (χ2n) is 0. The molecule has 0 aromatic rings. The van der Waals surface area contributed by atoms with E-state index in [1.807, 2.05) is 0 Å². The van der Waals surface area contributed by atoms with E-state index in [4.69, 9.17) is 0 Å². The van der Waals surface area contributed by atoms with Gasteiger partial charge in [-0.1, -0.05) is 0 Å². The topological polar surface area (TPSA) is 0 Å². The van der Waals surface area contributed by atoms with E-state index < -0.39 is 0 Å². The van der Waals surface area contributed by atoms with Gasteiger partial charge in [0.2, 0.25) is 0 Å². The summed E-state index contributed by atoms with van der Waals surface area (Å²) in [5.41, 5.74) is 0. The van der Waals surface area contributed by atoms with Crippen molar-refractivity contribution in [2.75, 3.05) is 0 Å². The first-order valence-electron chi connectivity index (χ1n) is 0. The van der Waals surface area contributed by atoms with Crippen molar-refractivity contribution in [3.8, 4) is 0 Å². The van der Waals surface area contributed by atoms with E-state index in [9.17, 15) is 0 Å². The third-order valence-corrected chi connectivity index (χ3v) is 0. The van der Waals surface area contributed by atoms with Crippen LogP contribution in [0.5, 0.6) is 0 Å². The second-order valence-corrected chi connectivity index (χ2v) is 0. The Hall–Kier alpha value is 4.34. The third kappa shape index (κ3) is 9.60. The van der Waals surface area contributed by atoms with Gasteiger partial charge in [-0.3, -0.25) is 0 Å². The summed E-state index contributed by atoms with van der Waals surface area (Å²) in [6, 6.07) is 0. The molecule has 0 saturated heterocycles. The predicted molar refractivity (Wildman–Crippen MR) is 11.5 cm³/mol. The van der Waals surface area contributed by atoms with Gasteiger partial charge < -0.3 is 0 Å². The Morgan fingerprint density at radius 1 is 1.00 bits per heavy atom. The largest absolute Gasteiger partial charge is 0 e. The fraction of sp³-hybridized carbons (Fsp3) is 0. The molecule has 0 spiro atoms. The molecule has 4 heavy (non-hydrogen) atoms. The van der Waals surface area contributed by atoms with Crippen LogP contribution in [0, 0.1) is 0 Å². The molecule has 0 aromatic carbocycles. The molecule has 0 N–H and O–H groups in total. The van der Waals surface area contributed by atoms with Crippen LogP contribution in [0.3, 0.4) is 0 Å². The maximum absolute atomic E-state index is 0. The quantitative estimate of drug-likeness (QED) is 0.506. The van der Waals surface area contributed by atoms with Gasteiger partial charge in [0.25, 0.3) is 0 Å². The van der Waals surface area contributed by atoms with E-state index in [0.717, 1.165) is 0 Å². The van der Waals surface area contributed by atoms with Crippen LogP contribution in [0.15, 0.2) is 0 Å². The molecule has 0 aliphatic carbocycles. The van der Waals surface area contributed by atoms with E-state index in [-0.39, 0.29) is 131 Å². The minimum absolute atomic E-state index is 0. The van der Waals surface area contributed by atoms with Crippen molar-refractivity contribution in [2.24, 2.45) is 0 Å². The molecule has 0 aromatic heterocycles. The SMILES string of the molecule is [Ca].[Sr].[Ti].[Zr]. The van der Waals surface area contributed by atoms with E-state index in [0.29, 0.717) is 0 Å². The number of hydrogen-bond acceptors (Lipinski definition) is 0. The molecule has 12 valence electrons. The minimum Gasteiger partial charge on any atom is 0 e. The first-order chi connectivity index (χ1) is 0. The molecule has 4 radical (unpaired) electrons. The van der Waals surface area contributed by atoms with Crippen molar-refractivity contribution in [3.05, 3.63) is 0 Å². The molecule has 0 heterocycles. The van der Waals surface area contributed by atoms with Gasteiger partial charge in [0.15, 0.2) is 0 Å². The Bertz CT molecular complexity index is 8.00. The molecule has 0 rings (SSSR count). The van der Waals surface area contributed by atoms with Crippen LogP contribution in [0.4, 0.5) is 0 Å². The van der Waals surface area contributed by atoms with Crippen LogP contribution in [0.2, 0.25) is 0 Å². The zero-order chi connectivity index (χ0) is 0. The molecule has 0 bridgehead atoms. The summed E-state index contributed by atoms with van der Waals surface area (Å²) in [6.07, 6.45) is 0. The van der Waals surface area contributed by atoms with Crippen LogP contribution < -0.4 is 0 Å². The molecule has 0 unspecified atom stereocenters. The minimum atomic E-state index is 0. The summed E-state index contributed by atoms with van der Waals surface area (Å²) in [4.78, 5) is 0. The first kappa shape index (κ1) is 23.9. The first-order valence-corrected chi connectivity index (χ1v) is 0. The second kappa shape index (κ2) is 15.7. The van der Waals surface area contributed by atoms with Gasteiger partial charge in [0, 0.05) is 131 Å². The monoisotopic (exact) mass is 266 g/mol. The molecule has 4 heteroatoms. The van der Waals surface area contributed by atoms with Gasteiger partial charge in [-0.2, -0.15) is 0 Å². The van der Waals surface area contributed by atoms with Crippen LogP contribution >= 0.6 is 0 Å². The average Bonchev–Trinajstić information content (AvgIpc) is 0. The molecule has 0 aliphatic heterocycles. The number of hydrogen-bond donors (Lipinski definition) is 0. The van der Waals surface area contributed by atoms with Crippen molar-refractivity contribution >= 4 is 83.2 Å². The molecule has 0 atom stereocenters. The van der Waals surface area contributed by atoms with Crippen LogP contribution in [0.25, 0.3) is 0 Å². The van der Waals surface area contributed by atoms with Crippen molar-refractivity contribution in [3.63, 3.8) is 0 Å². The van der Waals surface area contributed by atoms with Crippen molar-refractivity contribution < 1.29 is 47.9 Å². The Kier molecular flexibility index (Phi) is 93.4. The van der Waals surface area contributed by atoms with Crippen molar-refractivity contribution in [1.29, 1.82) is 0 Å². The van der Waals surface area contributed by atoms with E-state index in [1.165, 1.54) is 0 Å². The third-order valence-electron chi connectivity index (χ3n) is 0. The van der Waals surface area contributed by atoms with Gasteiger partial charge in [-0.25, -0.2) is 0 Å². The average molecular weight is 267 g/mol. The van der Waals surface area contributed by atoms with Crippen molar-refractivity contribution in [2.45, 2.75) is 0 Å². The summed E-state index contributed by atoms with van der Waals surface area (Å²) < 4.78 is 0. The van der Waals surface area contributed by atoms with Gasteiger partial charge >= 0.3 is 0 Å². The summed E-state index contributed by atoms with van der Waals surface area (Å²) in [5, 5.41) is 0. The summed E-state index contributed by atoms with van der Waals surface area (Å²) >= 11 is 0. The molecule has 0 amide bonds. The van der Waals surface area contributed by atoms with Gasteiger partial charge in [-0.05, 0) is 0 Å². The zero-order valence-electron chi connectivity index (χ0n) is 2.41. The summed E-state index contributed by atoms with van der Waals surface area (Å²) in [7, 11) is 0. The summed E-state index contributed by atoms with van der Waals surface area (Å²) in [5.74, 6) is 0.